The summed E-state index contributed by atoms with van der Waals surface area (Å²) < 4.78 is 5.81. The van der Waals surface area contributed by atoms with Gasteiger partial charge < -0.3 is 10.1 Å². The van der Waals surface area contributed by atoms with E-state index in [0.29, 0.717) is 6.04 Å². The van der Waals surface area contributed by atoms with Crippen LogP contribution in [0, 0.1) is 17.2 Å². The highest BCUT2D eigenvalue weighted by atomic mass is 16.5. The van der Waals surface area contributed by atoms with Crippen LogP contribution < -0.4 is 10.1 Å². The van der Waals surface area contributed by atoms with Gasteiger partial charge in [0.25, 0.3) is 0 Å². The number of rotatable bonds is 5. The third-order valence-corrected chi connectivity index (χ3v) is 3.57. The van der Waals surface area contributed by atoms with Gasteiger partial charge in [-0.3, -0.25) is 0 Å². The molecule has 1 N–H and O–H groups in total. The van der Waals surface area contributed by atoms with E-state index >= 15 is 0 Å². The SMILES string of the molecule is CC(C)Oc1ccccc1CNC1CCCC1C#N. The van der Waals surface area contributed by atoms with Gasteiger partial charge in [-0.1, -0.05) is 24.6 Å². The molecule has 0 aromatic heterocycles. The van der Waals surface area contributed by atoms with Crippen molar-refractivity contribution in [2.75, 3.05) is 0 Å². The molecule has 2 atom stereocenters. The molecule has 1 aliphatic carbocycles. The van der Waals surface area contributed by atoms with Crippen molar-refractivity contribution in [2.45, 2.75) is 51.8 Å². The Kier molecular flexibility index (Phi) is 4.81. The number of ether oxygens (including phenoxy) is 1. The Morgan fingerprint density at radius 2 is 2.16 bits per heavy atom. The number of benzene rings is 1. The summed E-state index contributed by atoms with van der Waals surface area (Å²) in [6, 6.07) is 10.8. The van der Waals surface area contributed by atoms with Crippen LogP contribution in [0.3, 0.4) is 0 Å². The Bertz CT molecular complexity index is 450. The molecule has 0 aliphatic heterocycles. The summed E-state index contributed by atoms with van der Waals surface area (Å²) in [7, 11) is 0. The van der Waals surface area contributed by atoms with E-state index in [1.165, 1.54) is 5.56 Å². The Hall–Kier alpha value is -1.53. The first-order valence-corrected chi connectivity index (χ1v) is 7.08. The van der Waals surface area contributed by atoms with Gasteiger partial charge in [-0.25, -0.2) is 0 Å². The quantitative estimate of drug-likeness (QED) is 0.881. The number of para-hydroxylation sites is 1. The molecule has 0 saturated heterocycles. The second-order valence-electron chi connectivity index (χ2n) is 5.43. The first kappa shape index (κ1) is 13.9. The van der Waals surface area contributed by atoms with Gasteiger partial charge in [0.2, 0.25) is 0 Å². The maximum absolute atomic E-state index is 9.09. The summed E-state index contributed by atoms with van der Waals surface area (Å²) in [6.45, 7) is 4.84. The van der Waals surface area contributed by atoms with Crippen LogP contribution in [0.4, 0.5) is 0 Å². The predicted molar refractivity (Wildman–Crippen MR) is 75.8 cm³/mol. The molecule has 3 nitrogen and oxygen atoms in total. The third kappa shape index (κ3) is 3.71. The zero-order valence-corrected chi connectivity index (χ0v) is 11.7. The zero-order valence-electron chi connectivity index (χ0n) is 11.7. The van der Waals surface area contributed by atoms with Gasteiger partial charge in [0, 0.05) is 18.2 Å². The molecule has 0 heterocycles. The van der Waals surface area contributed by atoms with Gasteiger partial charge in [-0.05, 0) is 32.8 Å². The molecule has 0 spiro atoms. The molecule has 2 unspecified atom stereocenters. The van der Waals surface area contributed by atoms with Crippen molar-refractivity contribution < 1.29 is 4.74 Å². The van der Waals surface area contributed by atoms with E-state index in [0.717, 1.165) is 31.6 Å². The van der Waals surface area contributed by atoms with Gasteiger partial charge in [0.15, 0.2) is 0 Å². The number of nitrogens with zero attached hydrogens (tertiary/aromatic N) is 1. The molecule has 1 fully saturated rings. The van der Waals surface area contributed by atoms with Crippen molar-refractivity contribution >= 4 is 0 Å². The van der Waals surface area contributed by atoms with Crippen LogP contribution in [0.25, 0.3) is 0 Å². The maximum atomic E-state index is 9.09. The van der Waals surface area contributed by atoms with E-state index in [1.807, 2.05) is 32.0 Å². The van der Waals surface area contributed by atoms with Gasteiger partial charge in [0.05, 0.1) is 18.1 Å². The van der Waals surface area contributed by atoms with E-state index in [-0.39, 0.29) is 12.0 Å². The minimum Gasteiger partial charge on any atom is -0.491 e. The van der Waals surface area contributed by atoms with Crippen molar-refractivity contribution in [3.05, 3.63) is 29.8 Å². The highest BCUT2D eigenvalue weighted by molar-refractivity contribution is 5.33. The van der Waals surface area contributed by atoms with E-state index < -0.39 is 0 Å². The molecule has 1 aliphatic rings. The highest BCUT2D eigenvalue weighted by Crippen LogP contribution is 2.26. The standard InChI is InChI=1S/C16H22N2O/c1-12(2)19-16-9-4-3-6-14(16)11-18-15-8-5-7-13(15)10-17/h3-4,6,9,12-13,15,18H,5,7-8,11H2,1-2H3. The highest BCUT2D eigenvalue weighted by Gasteiger charge is 2.26. The van der Waals surface area contributed by atoms with Crippen LogP contribution >= 0.6 is 0 Å². The van der Waals surface area contributed by atoms with E-state index in [2.05, 4.69) is 17.5 Å². The van der Waals surface area contributed by atoms with Gasteiger partial charge in [0.1, 0.15) is 5.75 Å². The fourth-order valence-electron chi connectivity index (χ4n) is 2.62. The van der Waals surface area contributed by atoms with Gasteiger partial charge in [-0.15, -0.1) is 0 Å². The molecule has 0 radical (unpaired) electrons. The second kappa shape index (κ2) is 6.58. The largest absolute Gasteiger partial charge is 0.491 e. The van der Waals surface area contributed by atoms with E-state index in [4.69, 9.17) is 10.00 Å². The first-order valence-electron chi connectivity index (χ1n) is 7.08. The van der Waals surface area contributed by atoms with E-state index in [9.17, 15) is 0 Å². The van der Waals surface area contributed by atoms with E-state index in [1.54, 1.807) is 0 Å². The molecule has 0 amide bonds. The zero-order chi connectivity index (χ0) is 13.7. The summed E-state index contributed by atoms with van der Waals surface area (Å²) in [6.07, 6.45) is 3.46. The van der Waals surface area contributed by atoms with Crippen LogP contribution in [0.15, 0.2) is 24.3 Å². The first-order chi connectivity index (χ1) is 9.20. The Labute approximate surface area is 115 Å². The molecule has 19 heavy (non-hydrogen) atoms. The summed E-state index contributed by atoms with van der Waals surface area (Å²) in [5.74, 6) is 1.11. The molecule has 2 rings (SSSR count). The molecule has 1 aromatic rings. The lowest BCUT2D eigenvalue weighted by Gasteiger charge is -2.18. The molecular formula is C16H22N2O. The fourth-order valence-corrected chi connectivity index (χ4v) is 2.62. The molecule has 1 saturated carbocycles. The lowest BCUT2D eigenvalue weighted by atomic mass is 10.1. The Morgan fingerprint density at radius 1 is 1.37 bits per heavy atom. The van der Waals surface area contributed by atoms with Crippen molar-refractivity contribution in [3.63, 3.8) is 0 Å². The molecule has 0 bridgehead atoms. The molecule has 3 heteroatoms. The number of nitrogens with one attached hydrogen (secondary N) is 1. The number of nitriles is 1. The van der Waals surface area contributed by atoms with Crippen LogP contribution in [0.1, 0.15) is 38.7 Å². The van der Waals surface area contributed by atoms with Crippen LogP contribution in [0.2, 0.25) is 0 Å². The summed E-state index contributed by atoms with van der Waals surface area (Å²) in [4.78, 5) is 0. The van der Waals surface area contributed by atoms with Gasteiger partial charge in [-0.2, -0.15) is 5.26 Å². The second-order valence-corrected chi connectivity index (χ2v) is 5.43. The normalized spacial score (nSPS) is 22.4. The van der Waals surface area contributed by atoms with Crippen LogP contribution in [0.5, 0.6) is 5.75 Å². The third-order valence-electron chi connectivity index (χ3n) is 3.57. The van der Waals surface area contributed by atoms with Crippen molar-refractivity contribution in [2.24, 2.45) is 5.92 Å². The molecule has 102 valence electrons. The summed E-state index contributed by atoms with van der Waals surface area (Å²) in [5, 5.41) is 12.6. The minimum atomic E-state index is 0.165. The Balaban J connectivity index is 1.97. The van der Waals surface area contributed by atoms with Gasteiger partial charge >= 0.3 is 0 Å². The van der Waals surface area contributed by atoms with Crippen LogP contribution in [-0.4, -0.2) is 12.1 Å². The fraction of sp³-hybridized carbons (Fsp3) is 0.562. The number of hydrogen-bond donors (Lipinski definition) is 1. The topological polar surface area (TPSA) is 45.0 Å². The lowest BCUT2D eigenvalue weighted by molar-refractivity contribution is 0.239. The summed E-state index contributed by atoms with van der Waals surface area (Å²) in [5.41, 5.74) is 1.17. The minimum absolute atomic E-state index is 0.165. The van der Waals surface area contributed by atoms with Crippen molar-refractivity contribution in [1.82, 2.24) is 5.32 Å². The smallest absolute Gasteiger partial charge is 0.124 e. The predicted octanol–water partition coefficient (Wildman–Crippen LogP) is 3.26. The van der Waals surface area contributed by atoms with Crippen molar-refractivity contribution in [1.29, 1.82) is 5.26 Å². The molecule has 1 aromatic carbocycles. The number of hydrogen-bond acceptors (Lipinski definition) is 3. The van der Waals surface area contributed by atoms with Crippen LogP contribution in [-0.2, 0) is 6.54 Å². The average Bonchev–Trinajstić information content (AvgIpc) is 2.84. The average molecular weight is 258 g/mol. The maximum Gasteiger partial charge on any atom is 0.124 e. The summed E-state index contributed by atoms with van der Waals surface area (Å²) >= 11 is 0. The molecular weight excluding hydrogens is 236 g/mol. The van der Waals surface area contributed by atoms with Crippen molar-refractivity contribution in [3.8, 4) is 11.8 Å². The Morgan fingerprint density at radius 3 is 2.89 bits per heavy atom. The lowest BCUT2D eigenvalue weighted by Crippen LogP contribution is -2.31. The monoisotopic (exact) mass is 258 g/mol.